The number of halogens is 5. The van der Waals surface area contributed by atoms with Crippen molar-refractivity contribution in [2.24, 2.45) is 0 Å². The first-order valence-corrected chi connectivity index (χ1v) is 8.60. The molecule has 2 rings (SSSR count). The molecule has 0 saturated heterocycles. The van der Waals surface area contributed by atoms with Crippen LogP contribution >= 0.6 is 62.3 Å². The zero-order chi connectivity index (χ0) is 17.0. The van der Waals surface area contributed by atoms with Crippen molar-refractivity contribution < 1.29 is 9.53 Å². The number of hydrogen-bond donors (Lipinski definition) is 0. The highest BCUT2D eigenvalue weighted by Crippen LogP contribution is 2.36. The summed E-state index contributed by atoms with van der Waals surface area (Å²) >= 11 is 26.8. The Balaban J connectivity index is 2.18. The Bertz CT molecular complexity index is 752. The topological polar surface area (TPSA) is 26.3 Å². The highest BCUT2D eigenvalue weighted by molar-refractivity contribution is 9.10. The van der Waals surface area contributed by atoms with Crippen molar-refractivity contribution in [2.45, 2.75) is 6.61 Å². The van der Waals surface area contributed by atoms with E-state index in [1.807, 2.05) is 0 Å². The lowest BCUT2D eigenvalue weighted by Gasteiger charge is -2.12. The number of hydrogen-bond acceptors (Lipinski definition) is 2. The summed E-state index contributed by atoms with van der Waals surface area (Å²) in [6.45, 7) is 0.240. The molecule has 0 radical (unpaired) electrons. The Hall–Kier alpha value is -0.710. The third-order valence-electron chi connectivity index (χ3n) is 2.81. The molecule has 0 amide bonds. The Morgan fingerprint density at radius 1 is 1.13 bits per heavy atom. The lowest BCUT2D eigenvalue weighted by Crippen LogP contribution is -1.98. The molecular weight excluding hydrogens is 446 g/mol. The van der Waals surface area contributed by atoms with Gasteiger partial charge in [-0.3, -0.25) is 4.79 Å². The number of carbonyl (C=O) groups is 1. The molecule has 0 N–H and O–H groups in total. The van der Waals surface area contributed by atoms with Crippen LogP contribution in [0.25, 0.3) is 6.08 Å². The number of carbonyl (C=O) groups excluding carboxylic acids is 1. The highest BCUT2D eigenvalue weighted by atomic mass is 79.9. The minimum atomic E-state index is -0.560. The molecule has 2 nitrogen and oxygen atoms in total. The lowest BCUT2D eigenvalue weighted by atomic mass is 10.2. The van der Waals surface area contributed by atoms with Crippen LogP contribution in [-0.4, -0.2) is 5.24 Å². The largest absolute Gasteiger partial charge is 0.486 e. The molecule has 120 valence electrons. The SMILES string of the molecule is O=C(Cl)/C=C/c1cc(Cl)c(OCc2ccc(Cl)cc2Cl)c(Br)c1. The standard InChI is InChI=1S/C16H9BrCl4O2/c17-12-5-9(1-4-15(21)22)6-14(20)16(12)23-8-10-2-3-11(18)7-13(10)19/h1-7H,8H2/b4-1+. The first-order valence-electron chi connectivity index (χ1n) is 6.30. The van der Waals surface area contributed by atoms with Crippen molar-refractivity contribution >= 4 is 73.7 Å². The quantitative estimate of drug-likeness (QED) is 0.368. The summed E-state index contributed by atoms with van der Waals surface area (Å²) in [4.78, 5) is 10.8. The van der Waals surface area contributed by atoms with E-state index in [2.05, 4.69) is 15.9 Å². The second-order valence-electron chi connectivity index (χ2n) is 4.48. The maximum absolute atomic E-state index is 10.8. The van der Waals surface area contributed by atoms with Crippen molar-refractivity contribution in [3.63, 3.8) is 0 Å². The number of benzene rings is 2. The summed E-state index contributed by atoms with van der Waals surface area (Å²) in [5.74, 6) is 0.479. The molecule has 0 fully saturated rings. The van der Waals surface area contributed by atoms with E-state index in [-0.39, 0.29) is 6.61 Å². The summed E-state index contributed by atoms with van der Waals surface area (Å²) < 4.78 is 6.38. The molecule has 7 heteroatoms. The molecule has 2 aromatic rings. The average molecular weight is 455 g/mol. The second kappa shape index (κ2) is 8.41. The molecule has 0 aliphatic carbocycles. The minimum absolute atomic E-state index is 0.240. The number of rotatable bonds is 5. The van der Waals surface area contributed by atoms with Gasteiger partial charge < -0.3 is 4.74 Å². The van der Waals surface area contributed by atoms with E-state index in [4.69, 9.17) is 51.1 Å². The van der Waals surface area contributed by atoms with Gasteiger partial charge in [0.25, 0.3) is 0 Å². The molecule has 0 bridgehead atoms. The van der Waals surface area contributed by atoms with Crippen LogP contribution in [0.5, 0.6) is 5.75 Å². The molecule has 0 spiro atoms. The lowest BCUT2D eigenvalue weighted by molar-refractivity contribution is -0.107. The summed E-state index contributed by atoms with van der Waals surface area (Å²) in [7, 11) is 0. The third-order valence-corrected chi connectivity index (χ3v) is 4.40. The fraction of sp³-hybridized carbons (Fsp3) is 0.0625. The van der Waals surface area contributed by atoms with E-state index in [0.29, 0.717) is 30.9 Å². The average Bonchev–Trinajstić information content (AvgIpc) is 2.46. The van der Waals surface area contributed by atoms with E-state index in [1.54, 1.807) is 36.4 Å². The van der Waals surface area contributed by atoms with Gasteiger partial charge in [0.1, 0.15) is 6.61 Å². The molecule has 0 aromatic heterocycles. The van der Waals surface area contributed by atoms with Crippen LogP contribution < -0.4 is 4.74 Å². The molecule has 0 unspecified atom stereocenters. The Kier molecular flexibility index (Phi) is 6.81. The molecular formula is C16H9BrCl4O2. The van der Waals surface area contributed by atoms with E-state index < -0.39 is 5.24 Å². The van der Waals surface area contributed by atoms with Crippen molar-refractivity contribution in [3.05, 3.63) is 67.1 Å². The number of allylic oxidation sites excluding steroid dienone is 1. The van der Waals surface area contributed by atoms with Gasteiger partial charge in [0.05, 0.1) is 9.50 Å². The molecule has 0 heterocycles. The monoisotopic (exact) mass is 452 g/mol. The maximum Gasteiger partial charge on any atom is 0.245 e. The highest BCUT2D eigenvalue weighted by Gasteiger charge is 2.10. The van der Waals surface area contributed by atoms with Crippen LogP contribution in [0.4, 0.5) is 0 Å². The number of ether oxygens (including phenoxy) is 1. The van der Waals surface area contributed by atoms with Crippen LogP contribution in [0.15, 0.2) is 40.9 Å². The Morgan fingerprint density at radius 2 is 1.87 bits per heavy atom. The Morgan fingerprint density at radius 3 is 2.48 bits per heavy atom. The molecule has 2 aromatic carbocycles. The van der Waals surface area contributed by atoms with Gasteiger partial charge >= 0.3 is 0 Å². The van der Waals surface area contributed by atoms with Gasteiger partial charge in [-0.25, -0.2) is 0 Å². The summed E-state index contributed by atoms with van der Waals surface area (Å²) in [5.41, 5.74) is 1.50. The van der Waals surface area contributed by atoms with Gasteiger partial charge in [0, 0.05) is 15.6 Å². The van der Waals surface area contributed by atoms with E-state index >= 15 is 0 Å². The predicted molar refractivity (Wildman–Crippen MR) is 99.8 cm³/mol. The molecule has 0 aliphatic rings. The van der Waals surface area contributed by atoms with Gasteiger partial charge in [-0.05, 0) is 63.4 Å². The van der Waals surface area contributed by atoms with Gasteiger partial charge in [-0.2, -0.15) is 0 Å². The van der Waals surface area contributed by atoms with Crippen LogP contribution in [0.2, 0.25) is 15.1 Å². The van der Waals surface area contributed by atoms with E-state index in [9.17, 15) is 4.79 Å². The van der Waals surface area contributed by atoms with Gasteiger partial charge in [0.15, 0.2) is 5.75 Å². The summed E-state index contributed by atoms with van der Waals surface area (Å²) in [6.07, 6.45) is 2.81. The molecule has 23 heavy (non-hydrogen) atoms. The van der Waals surface area contributed by atoms with Crippen molar-refractivity contribution in [3.8, 4) is 5.75 Å². The summed E-state index contributed by atoms with van der Waals surface area (Å²) in [6, 6.07) is 8.60. The van der Waals surface area contributed by atoms with Crippen molar-refractivity contribution in [1.29, 1.82) is 0 Å². The molecule has 0 atom stereocenters. The fourth-order valence-electron chi connectivity index (χ4n) is 1.76. The normalized spacial score (nSPS) is 11.0. The summed E-state index contributed by atoms with van der Waals surface area (Å²) in [5, 5.41) is 0.911. The first-order chi connectivity index (χ1) is 10.9. The molecule has 0 aliphatic heterocycles. The smallest absolute Gasteiger partial charge is 0.245 e. The van der Waals surface area contributed by atoms with E-state index in [1.165, 1.54) is 6.08 Å². The first kappa shape index (κ1) is 18.6. The zero-order valence-electron chi connectivity index (χ0n) is 11.5. The van der Waals surface area contributed by atoms with Gasteiger partial charge in [-0.1, -0.05) is 46.9 Å². The minimum Gasteiger partial charge on any atom is -0.486 e. The van der Waals surface area contributed by atoms with Crippen LogP contribution in [0.1, 0.15) is 11.1 Å². The van der Waals surface area contributed by atoms with Crippen LogP contribution in [-0.2, 0) is 11.4 Å². The predicted octanol–water partition coefficient (Wildman–Crippen LogP) is 6.77. The zero-order valence-corrected chi connectivity index (χ0v) is 16.1. The van der Waals surface area contributed by atoms with Crippen LogP contribution in [0.3, 0.4) is 0 Å². The van der Waals surface area contributed by atoms with Crippen LogP contribution in [0, 0.1) is 0 Å². The third kappa shape index (κ3) is 5.40. The van der Waals surface area contributed by atoms with Gasteiger partial charge in [0.2, 0.25) is 5.24 Å². The second-order valence-corrected chi connectivity index (χ2v) is 6.95. The maximum atomic E-state index is 10.8. The van der Waals surface area contributed by atoms with E-state index in [0.717, 1.165) is 5.56 Å². The van der Waals surface area contributed by atoms with Gasteiger partial charge in [-0.15, -0.1) is 0 Å². The molecule has 0 saturated carbocycles. The van der Waals surface area contributed by atoms with Crippen molar-refractivity contribution in [2.75, 3.05) is 0 Å². The fourth-order valence-corrected chi connectivity index (χ4v) is 3.28. The van der Waals surface area contributed by atoms with Crippen molar-refractivity contribution in [1.82, 2.24) is 0 Å². The Labute approximate surface area is 162 Å².